The molecule has 1 heterocycles. The Bertz CT molecular complexity index is 1270. The van der Waals surface area contributed by atoms with Gasteiger partial charge in [-0.1, -0.05) is 25.1 Å². The molecule has 1 saturated heterocycles. The third kappa shape index (κ3) is 6.33. The van der Waals surface area contributed by atoms with Gasteiger partial charge in [0.2, 0.25) is 0 Å². The van der Waals surface area contributed by atoms with Crippen molar-refractivity contribution in [3.05, 3.63) is 76.9 Å². The molecule has 2 aliphatic rings. The average molecular weight is 545 g/mol. The average Bonchev–Trinajstić information content (AvgIpc) is 3.00. The molecule has 0 unspecified atom stereocenters. The second-order valence-corrected chi connectivity index (χ2v) is 11.1. The second-order valence-electron chi connectivity index (χ2n) is 11.1. The molecule has 1 aliphatic carbocycles. The Hall–Kier alpha value is -3.38. The Kier molecular flexibility index (Phi) is 9.05. The normalized spacial score (nSPS) is 17.8. The van der Waals surface area contributed by atoms with E-state index in [1.807, 2.05) is 6.07 Å². The lowest BCUT2D eigenvalue weighted by atomic mass is 9.79. The van der Waals surface area contributed by atoms with Crippen LogP contribution in [0.1, 0.15) is 61.3 Å². The van der Waals surface area contributed by atoms with Crippen LogP contribution in [-0.4, -0.2) is 56.5 Å². The van der Waals surface area contributed by atoms with Gasteiger partial charge in [-0.15, -0.1) is 0 Å². The number of phenols is 1. The van der Waals surface area contributed by atoms with Gasteiger partial charge < -0.3 is 29.1 Å². The van der Waals surface area contributed by atoms with Crippen LogP contribution in [0.5, 0.6) is 23.0 Å². The maximum absolute atomic E-state index is 9.96. The minimum Gasteiger partial charge on any atom is -0.508 e. The summed E-state index contributed by atoms with van der Waals surface area (Å²) in [6.07, 6.45) is 5.41. The molecule has 0 amide bonds. The van der Waals surface area contributed by atoms with Gasteiger partial charge in [-0.2, -0.15) is 0 Å². The monoisotopic (exact) mass is 544 g/mol. The molecule has 0 saturated carbocycles. The summed E-state index contributed by atoms with van der Waals surface area (Å²) in [5, 5.41) is 9.96. The summed E-state index contributed by atoms with van der Waals surface area (Å²) in [4.78, 5) is 4.92. The van der Waals surface area contributed by atoms with Gasteiger partial charge in [0.1, 0.15) is 17.6 Å². The first-order chi connectivity index (χ1) is 19.5. The number of anilines is 1. The Labute approximate surface area is 239 Å². The van der Waals surface area contributed by atoms with Gasteiger partial charge in [0, 0.05) is 37.9 Å². The number of benzene rings is 3. The van der Waals surface area contributed by atoms with Crippen LogP contribution in [0.15, 0.2) is 54.6 Å². The number of piperidine rings is 1. The highest BCUT2D eigenvalue weighted by Gasteiger charge is 2.26. The molecule has 3 aromatic rings. The fraction of sp³-hybridized carbons (Fsp3) is 0.471. The quantitative estimate of drug-likeness (QED) is 0.312. The van der Waals surface area contributed by atoms with Gasteiger partial charge in [0.15, 0.2) is 11.5 Å². The molecule has 6 heteroatoms. The second kappa shape index (κ2) is 12.9. The largest absolute Gasteiger partial charge is 0.508 e. The first-order valence-corrected chi connectivity index (χ1v) is 14.8. The van der Waals surface area contributed by atoms with Gasteiger partial charge in [-0.25, -0.2) is 0 Å². The van der Waals surface area contributed by atoms with Crippen molar-refractivity contribution in [1.82, 2.24) is 4.90 Å². The lowest BCUT2D eigenvalue weighted by molar-refractivity contribution is 0.104. The minimum atomic E-state index is 0.305. The van der Waals surface area contributed by atoms with Gasteiger partial charge in [0.05, 0.1) is 14.2 Å². The highest BCUT2D eigenvalue weighted by atomic mass is 16.5. The maximum atomic E-state index is 9.96. The fourth-order valence-corrected chi connectivity index (χ4v) is 6.29. The number of aromatic hydroxyl groups is 1. The Morgan fingerprint density at radius 3 is 2.27 bits per heavy atom. The van der Waals surface area contributed by atoms with Gasteiger partial charge >= 0.3 is 0 Å². The van der Waals surface area contributed by atoms with Gasteiger partial charge in [-0.05, 0) is 104 Å². The molecule has 214 valence electrons. The summed E-state index contributed by atoms with van der Waals surface area (Å²) < 4.78 is 17.8. The van der Waals surface area contributed by atoms with Crippen LogP contribution in [0.25, 0.3) is 0 Å². The lowest BCUT2D eigenvalue weighted by Crippen LogP contribution is -2.37. The van der Waals surface area contributed by atoms with E-state index in [1.165, 1.54) is 27.9 Å². The summed E-state index contributed by atoms with van der Waals surface area (Å²) in [5.41, 5.74) is 6.30. The molecule has 6 nitrogen and oxygen atoms in total. The van der Waals surface area contributed by atoms with E-state index in [-0.39, 0.29) is 0 Å². The van der Waals surface area contributed by atoms with Crippen molar-refractivity contribution in [3.63, 3.8) is 0 Å². The molecule has 0 radical (unpaired) electrons. The first kappa shape index (κ1) is 28.2. The van der Waals surface area contributed by atoms with Crippen LogP contribution < -0.4 is 19.1 Å². The van der Waals surface area contributed by atoms with E-state index in [2.05, 4.69) is 66.1 Å². The van der Waals surface area contributed by atoms with Crippen molar-refractivity contribution in [3.8, 4) is 23.0 Å². The Balaban J connectivity index is 1.36. The van der Waals surface area contributed by atoms with Crippen LogP contribution in [0.2, 0.25) is 0 Å². The van der Waals surface area contributed by atoms with Crippen molar-refractivity contribution in [1.29, 1.82) is 0 Å². The summed E-state index contributed by atoms with van der Waals surface area (Å²) in [6.45, 7) is 9.46. The van der Waals surface area contributed by atoms with Crippen LogP contribution in [0.4, 0.5) is 5.69 Å². The van der Waals surface area contributed by atoms with E-state index < -0.39 is 0 Å². The number of rotatable bonds is 10. The van der Waals surface area contributed by atoms with E-state index in [1.54, 1.807) is 20.3 Å². The lowest BCUT2D eigenvalue weighted by Gasteiger charge is -2.32. The summed E-state index contributed by atoms with van der Waals surface area (Å²) in [5.74, 6) is 3.18. The summed E-state index contributed by atoms with van der Waals surface area (Å²) in [6, 6.07) is 18.8. The van der Waals surface area contributed by atoms with E-state index in [0.29, 0.717) is 17.8 Å². The molecular formula is C34H44N2O4. The molecule has 3 aromatic carbocycles. The van der Waals surface area contributed by atoms with Crippen molar-refractivity contribution >= 4 is 5.69 Å². The number of hydrogen-bond acceptors (Lipinski definition) is 6. The Morgan fingerprint density at radius 1 is 0.875 bits per heavy atom. The molecule has 1 N–H and O–H groups in total. The zero-order valence-electron chi connectivity index (χ0n) is 24.5. The zero-order chi connectivity index (χ0) is 28.1. The first-order valence-electron chi connectivity index (χ1n) is 14.8. The third-order valence-corrected chi connectivity index (χ3v) is 8.69. The molecule has 0 bridgehead atoms. The molecule has 1 aliphatic heterocycles. The molecular weight excluding hydrogens is 500 g/mol. The van der Waals surface area contributed by atoms with E-state index in [9.17, 15) is 5.11 Å². The van der Waals surface area contributed by atoms with E-state index in [0.717, 1.165) is 82.1 Å². The van der Waals surface area contributed by atoms with Crippen molar-refractivity contribution in [2.45, 2.75) is 64.5 Å². The van der Waals surface area contributed by atoms with Crippen LogP contribution in [-0.2, 0) is 19.4 Å². The van der Waals surface area contributed by atoms with Crippen LogP contribution in [0.3, 0.4) is 0 Å². The number of hydrogen-bond donors (Lipinski definition) is 1. The predicted octanol–water partition coefficient (Wildman–Crippen LogP) is 6.57. The summed E-state index contributed by atoms with van der Waals surface area (Å²) >= 11 is 0. The molecule has 40 heavy (non-hydrogen) atoms. The van der Waals surface area contributed by atoms with Gasteiger partial charge in [-0.3, -0.25) is 0 Å². The number of fused-ring (bicyclic) bond motifs is 1. The minimum absolute atomic E-state index is 0.305. The number of ether oxygens (including phenoxy) is 3. The Morgan fingerprint density at radius 2 is 1.60 bits per heavy atom. The molecule has 0 aromatic heterocycles. The number of aryl methyl sites for hydroxylation is 1. The highest BCUT2D eigenvalue weighted by Crippen LogP contribution is 2.43. The molecule has 0 spiro atoms. The predicted molar refractivity (Wildman–Crippen MR) is 161 cm³/mol. The number of likely N-dealkylation sites (tertiary alicyclic amines) is 1. The molecule has 5 rings (SSSR count). The van der Waals surface area contributed by atoms with Crippen molar-refractivity contribution < 1.29 is 19.3 Å². The van der Waals surface area contributed by atoms with Gasteiger partial charge in [0.25, 0.3) is 0 Å². The smallest absolute Gasteiger partial charge is 0.162 e. The van der Waals surface area contributed by atoms with Crippen LogP contribution in [0, 0.1) is 0 Å². The standard InChI is InChI=1S/C34H44N2O4/c1-5-35-17-15-30(16-18-35)40-29-13-7-24(8-14-29)23-36(6-2)32-22-34(39-4)33(38-3)21-31(32)27-10-9-26-20-28(37)12-11-25(26)19-27/h7-8,11-14,20-22,27,30,37H,5-6,9-10,15-19,23H2,1-4H3/t27-/m1/s1. The third-order valence-electron chi connectivity index (χ3n) is 8.69. The van der Waals surface area contributed by atoms with Crippen LogP contribution >= 0.6 is 0 Å². The number of nitrogens with zero attached hydrogens (tertiary/aromatic N) is 2. The highest BCUT2D eigenvalue weighted by molar-refractivity contribution is 5.64. The molecule has 1 atom stereocenters. The van der Waals surface area contributed by atoms with Crippen molar-refractivity contribution in [2.75, 3.05) is 45.3 Å². The number of methoxy groups -OCH3 is 2. The summed E-state index contributed by atoms with van der Waals surface area (Å²) in [7, 11) is 3.40. The van der Waals surface area contributed by atoms with E-state index in [4.69, 9.17) is 14.2 Å². The fourth-order valence-electron chi connectivity index (χ4n) is 6.29. The number of phenolic OH excluding ortho intramolecular Hbond substituents is 1. The van der Waals surface area contributed by atoms with E-state index >= 15 is 0 Å². The van der Waals surface area contributed by atoms with Crippen molar-refractivity contribution in [2.24, 2.45) is 0 Å². The zero-order valence-corrected chi connectivity index (χ0v) is 24.5. The molecule has 1 fully saturated rings. The SMILES string of the molecule is CCN1CCC(Oc2ccc(CN(CC)c3cc(OC)c(OC)cc3[C@@H]3CCc4cc(O)ccc4C3)cc2)CC1. The maximum Gasteiger partial charge on any atom is 0.162 e. The topological polar surface area (TPSA) is 54.4 Å².